The molecule has 108 valence electrons. The monoisotopic (exact) mass is 272 g/mol. The number of nitrogens with one attached hydrogen (secondary N) is 1. The fourth-order valence-electron chi connectivity index (χ4n) is 2.97. The maximum absolute atomic E-state index is 9.45. The zero-order valence-corrected chi connectivity index (χ0v) is 12.5. The third-order valence-electron chi connectivity index (χ3n) is 4.14. The number of hydrogen-bond donors (Lipinski definition) is 1. The van der Waals surface area contributed by atoms with Crippen LogP contribution in [-0.4, -0.2) is 13.2 Å². The van der Waals surface area contributed by atoms with E-state index >= 15 is 0 Å². The first-order valence-electron chi connectivity index (χ1n) is 7.55. The number of rotatable bonds is 4. The summed E-state index contributed by atoms with van der Waals surface area (Å²) < 4.78 is 5.28. The predicted octanol–water partition coefficient (Wildman–Crippen LogP) is 3.88. The fraction of sp³-hybridized carbons (Fsp3) is 0.588. The minimum Gasteiger partial charge on any atom is -0.496 e. The van der Waals surface area contributed by atoms with Gasteiger partial charge in [-0.2, -0.15) is 5.26 Å². The summed E-state index contributed by atoms with van der Waals surface area (Å²) in [6.07, 6.45) is 7.59. The van der Waals surface area contributed by atoms with Crippen molar-refractivity contribution in [2.24, 2.45) is 0 Å². The first-order chi connectivity index (χ1) is 9.74. The highest BCUT2D eigenvalue weighted by Crippen LogP contribution is 2.24. The molecule has 1 saturated carbocycles. The first kappa shape index (κ1) is 14.9. The van der Waals surface area contributed by atoms with Crippen LogP contribution in [0.25, 0.3) is 0 Å². The van der Waals surface area contributed by atoms with Crippen LogP contribution in [0.2, 0.25) is 0 Å². The van der Waals surface area contributed by atoms with Crippen molar-refractivity contribution in [3.63, 3.8) is 0 Å². The first-order valence-corrected chi connectivity index (χ1v) is 7.55. The van der Waals surface area contributed by atoms with E-state index in [1.54, 1.807) is 7.11 Å². The van der Waals surface area contributed by atoms with Gasteiger partial charge in [0.05, 0.1) is 13.2 Å². The van der Waals surface area contributed by atoms with Gasteiger partial charge in [-0.3, -0.25) is 5.32 Å². The Morgan fingerprint density at radius 2 is 1.95 bits per heavy atom. The smallest absolute Gasteiger partial charge is 0.121 e. The minimum absolute atomic E-state index is 0.220. The third kappa shape index (κ3) is 3.74. The molecular formula is C17H24N2O. The molecule has 1 N–H and O–H groups in total. The lowest BCUT2D eigenvalue weighted by Crippen LogP contribution is -2.31. The van der Waals surface area contributed by atoms with Gasteiger partial charge in [-0.05, 0) is 43.0 Å². The molecule has 1 aliphatic carbocycles. The molecule has 3 heteroatoms. The number of nitrogens with zero attached hydrogens (tertiary/aromatic N) is 1. The molecule has 0 spiro atoms. The molecule has 1 atom stereocenters. The Morgan fingerprint density at radius 1 is 1.25 bits per heavy atom. The topological polar surface area (TPSA) is 45.0 Å². The number of ether oxygens (including phenoxy) is 1. The molecule has 1 aromatic rings. The van der Waals surface area contributed by atoms with Crippen LogP contribution in [0.15, 0.2) is 18.2 Å². The van der Waals surface area contributed by atoms with Gasteiger partial charge in [-0.15, -0.1) is 0 Å². The van der Waals surface area contributed by atoms with Crippen LogP contribution in [0.1, 0.15) is 55.7 Å². The van der Waals surface area contributed by atoms with E-state index in [-0.39, 0.29) is 6.04 Å². The highest BCUT2D eigenvalue weighted by Gasteiger charge is 2.18. The van der Waals surface area contributed by atoms with Crippen molar-refractivity contribution >= 4 is 0 Å². The van der Waals surface area contributed by atoms with Crippen LogP contribution in [0.4, 0.5) is 0 Å². The Morgan fingerprint density at radius 3 is 2.50 bits per heavy atom. The second kappa shape index (κ2) is 7.31. The van der Waals surface area contributed by atoms with Gasteiger partial charge in [0.25, 0.3) is 0 Å². The Kier molecular flexibility index (Phi) is 5.43. The molecule has 1 aromatic carbocycles. The Balaban J connectivity index is 2.07. The van der Waals surface area contributed by atoms with Gasteiger partial charge in [0, 0.05) is 6.04 Å². The molecule has 1 aliphatic rings. The van der Waals surface area contributed by atoms with Gasteiger partial charge < -0.3 is 4.74 Å². The van der Waals surface area contributed by atoms with Crippen molar-refractivity contribution < 1.29 is 4.74 Å². The zero-order chi connectivity index (χ0) is 14.4. The van der Waals surface area contributed by atoms with Crippen LogP contribution in [0.5, 0.6) is 5.75 Å². The van der Waals surface area contributed by atoms with Gasteiger partial charge in [0.2, 0.25) is 0 Å². The van der Waals surface area contributed by atoms with E-state index in [0.29, 0.717) is 6.04 Å². The lowest BCUT2D eigenvalue weighted by Gasteiger charge is -2.21. The molecule has 0 radical (unpaired) electrons. The van der Waals surface area contributed by atoms with E-state index < -0.39 is 0 Å². The van der Waals surface area contributed by atoms with Gasteiger partial charge in [-0.25, -0.2) is 0 Å². The number of nitriles is 1. The lowest BCUT2D eigenvalue weighted by atomic mass is 10.0. The van der Waals surface area contributed by atoms with E-state index in [1.165, 1.54) is 38.5 Å². The molecule has 0 aliphatic heterocycles. The molecule has 0 heterocycles. The van der Waals surface area contributed by atoms with E-state index in [9.17, 15) is 5.26 Å². The number of hydrogen-bond acceptors (Lipinski definition) is 3. The highest BCUT2D eigenvalue weighted by atomic mass is 16.5. The van der Waals surface area contributed by atoms with Crippen molar-refractivity contribution in [3.05, 3.63) is 29.3 Å². The van der Waals surface area contributed by atoms with Gasteiger partial charge in [0.1, 0.15) is 11.8 Å². The summed E-state index contributed by atoms with van der Waals surface area (Å²) >= 11 is 0. The Labute approximate surface area is 121 Å². The predicted molar refractivity (Wildman–Crippen MR) is 80.7 cm³/mol. The van der Waals surface area contributed by atoms with Crippen molar-refractivity contribution in [3.8, 4) is 11.8 Å². The van der Waals surface area contributed by atoms with E-state index in [2.05, 4.69) is 17.5 Å². The molecular weight excluding hydrogens is 248 g/mol. The van der Waals surface area contributed by atoms with Gasteiger partial charge in [-0.1, -0.05) is 31.7 Å². The Hall–Kier alpha value is -1.53. The van der Waals surface area contributed by atoms with E-state index in [4.69, 9.17) is 4.74 Å². The maximum atomic E-state index is 9.45. The molecule has 0 aromatic heterocycles. The molecule has 20 heavy (non-hydrogen) atoms. The van der Waals surface area contributed by atoms with Crippen LogP contribution in [0.3, 0.4) is 0 Å². The second-order valence-electron chi connectivity index (χ2n) is 5.65. The summed E-state index contributed by atoms with van der Waals surface area (Å²) in [5.74, 6) is 0.875. The van der Waals surface area contributed by atoms with Crippen LogP contribution < -0.4 is 10.1 Å². The average Bonchev–Trinajstić information content (AvgIpc) is 2.73. The minimum atomic E-state index is -0.220. The second-order valence-corrected chi connectivity index (χ2v) is 5.65. The molecule has 0 bridgehead atoms. The molecule has 0 saturated heterocycles. The molecule has 1 fully saturated rings. The quantitative estimate of drug-likeness (QED) is 0.846. The number of benzene rings is 1. The molecule has 2 rings (SSSR count). The Bertz CT molecular complexity index is 470. The molecule has 0 amide bonds. The average molecular weight is 272 g/mol. The SMILES string of the molecule is COc1ccc(C(C#N)NC2CCCCCC2)cc1C. The summed E-state index contributed by atoms with van der Waals surface area (Å²) in [5, 5.41) is 13.0. The third-order valence-corrected chi connectivity index (χ3v) is 4.14. The van der Waals surface area contributed by atoms with Gasteiger partial charge >= 0.3 is 0 Å². The van der Waals surface area contributed by atoms with Crippen molar-refractivity contribution in [2.75, 3.05) is 7.11 Å². The van der Waals surface area contributed by atoms with E-state index in [1.807, 2.05) is 19.1 Å². The lowest BCUT2D eigenvalue weighted by molar-refractivity contribution is 0.410. The standard InChI is InChI=1S/C17H24N2O/c1-13-11-14(9-10-17(13)20-2)16(12-18)19-15-7-5-3-4-6-8-15/h9-11,15-16,19H,3-8H2,1-2H3. The van der Waals surface area contributed by atoms with Crippen molar-refractivity contribution in [2.45, 2.75) is 57.5 Å². The summed E-state index contributed by atoms with van der Waals surface area (Å²) in [6.45, 7) is 2.02. The van der Waals surface area contributed by atoms with Gasteiger partial charge in [0.15, 0.2) is 0 Å². The highest BCUT2D eigenvalue weighted by molar-refractivity contribution is 5.38. The van der Waals surface area contributed by atoms with E-state index in [0.717, 1.165) is 16.9 Å². The van der Waals surface area contributed by atoms with Crippen LogP contribution in [0, 0.1) is 18.3 Å². The van der Waals surface area contributed by atoms with Crippen molar-refractivity contribution in [1.82, 2.24) is 5.32 Å². The summed E-state index contributed by atoms with van der Waals surface area (Å²) in [5.41, 5.74) is 2.11. The number of aryl methyl sites for hydroxylation is 1. The summed E-state index contributed by atoms with van der Waals surface area (Å²) in [4.78, 5) is 0. The number of methoxy groups -OCH3 is 1. The summed E-state index contributed by atoms with van der Waals surface area (Å²) in [7, 11) is 1.67. The maximum Gasteiger partial charge on any atom is 0.121 e. The molecule has 3 nitrogen and oxygen atoms in total. The molecule has 1 unspecified atom stereocenters. The fourth-order valence-corrected chi connectivity index (χ4v) is 2.97. The largest absolute Gasteiger partial charge is 0.496 e. The summed E-state index contributed by atoms with van der Waals surface area (Å²) in [6, 6.07) is 8.65. The zero-order valence-electron chi connectivity index (χ0n) is 12.5. The normalized spacial score (nSPS) is 18.1. The van der Waals surface area contributed by atoms with Crippen LogP contribution >= 0.6 is 0 Å². The van der Waals surface area contributed by atoms with Crippen molar-refractivity contribution in [1.29, 1.82) is 5.26 Å². The van der Waals surface area contributed by atoms with Crippen LogP contribution in [-0.2, 0) is 0 Å².